The van der Waals surface area contributed by atoms with E-state index in [4.69, 9.17) is 0 Å². The number of likely N-dealkylation sites (N-methyl/N-ethyl adjacent to an activating group) is 1. The smallest absolute Gasteiger partial charge is 0.224 e. The number of hydrogen-bond acceptors (Lipinski definition) is 4. The zero-order chi connectivity index (χ0) is 12.4. The molecule has 0 unspecified atom stereocenters. The summed E-state index contributed by atoms with van der Waals surface area (Å²) in [5.41, 5.74) is 1.67. The highest BCUT2D eigenvalue weighted by atomic mass is 16.3. The van der Waals surface area contributed by atoms with Gasteiger partial charge in [-0.15, -0.1) is 0 Å². The number of rotatable bonds is 3. The van der Waals surface area contributed by atoms with Crippen LogP contribution in [0.2, 0.25) is 0 Å². The van der Waals surface area contributed by atoms with Crippen LogP contribution in [0.5, 0.6) is 5.75 Å². The average Bonchev–Trinajstić information content (AvgIpc) is 2.30. The Labute approximate surface area is 98.8 Å². The number of benzene rings is 1. The van der Waals surface area contributed by atoms with Gasteiger partial charge in [0.1, 0.15) is 5.75 Å². The molecule has 0 bridgehead atoms. The van der Waals surface area contributed by atoms with Crippen molar-refractivity contribution in [2.75, 3.05) is 18.9 Å². The predicted molar refractivity (Wildman–Crippen MR) is 63.3 cm³/mol. The van der Waals surface area contributed by atoms with Crippen molar-refractivity contribution in [3.05, 3.63) is 23.3 Å². The molecule has 1 aliphatic heterocycles. The molecule has 0 aliphatic carbocycles. The zero-order valence-electron chi connectivity index (χ0n) is 9.54. The minimum atomic E-state index is -0.133. The molecule has 1 aliphatic rings. The first-order valence-electron chi connectivity index (χ1n) is 5.46. The number of phenols is 1. The molecule has 0 radical (unpaired) electrons. The van der Waals surface area contributed by atoms with E-state index in [1.165, 1.54) is 6.07 Å². The van der Waals surface area contributed by atoms with Crippen LogP contribution in [-0.2, 0) is 11.2 Å². The largest absolute Gasteiger partial charge is 0.506 e. The van der Waals surface area contributed by atoms with E-state index in [1.807, 2.05) is 0 Å². The van der Waals surface area contributed by atoms with Crippen LogP contribution in [0.15, 0.2) is 12.1 Å². The summed E-state index contributed by atoms with van der Waals surface area (Å²) in [4.78, 5) is 23.1. The summed E-state index contributed by atoms with van der Waals surface area (Å²) in [6, 6.07) is 3.04. The fourth-order valence-corrected chi connectivity index (χ4v) is 1.99. The molecular formula is C12H14N2O3. The molecule has 17 heavy (non-hydrogen) atoms. The van der Waals surface area contributed by atoms with Gasteiger partial charge in [-0.1, -0.05) is 0 Å². The van der Waals surface area contributed by atoms with Crippen molar-refractivity contribution in [2.45, 2.75) is 12.8 Å². The molecule has 1 aromatic carbocycles. The lowest BCUT2D eigenvalue weighted by Gasteiger charge is -2.20. The summed E-state index contributed by atoms with van der Waals surface area (Å²) in [6.07, 6.45) is 0.830. The Balaban J connectivity index is 2.45. The minimum absolute atomic E-state index is 0.00839. The van der Waals surface area contributed by atoms with Crippen LogP contribution in [0.1, 0.15) is 22.3 Å². The van der Waals surface area contributed by atoms with Crippen molar-refractivity contribution in [2.24, 2.45) is 0 Å². The van der Waals surface area contributed by atoms with Gasteiger partial charge in [0.15, 0.2) is 5.78 Å². The van der Waals surface area contributed by atoms with Crippen molar-refractivity contribution in [1.29, 1.82) is 0 Å². The Morgan fingerprint density at radius 1 is 1.47 bits per heavy atom. The lowest BCUT2D eigenvalue weighted by atomic mass is 9.94. The van der Waals surface area contributed by atoms with E-state index in [-0.39, 0.29) is 24.0 Å². The number of Topliss-reactive ketones (excluding diaryl/α,β-unsaturated/α-hetero) is 1. The number of carbonyl (C=O) groups excluding carboxylic acids is 2. The summed E-state index contributed by atoms with van der Waals surface area (Å²) in [5, 5.41) is 15.1. The number of fused-ring (bicyclic) bond motifs is 1. The molecule has 0 saturated heterocycles. The van der Waals surface area contributed by atoms with Crippen LogP contribution >= 0.6 is 0 Å². The van der Waals surface area contributed by atoms with E-state index < -0.39 is 0 Å². The molecule has 1 amide bonds. The van der Waals surface area contributed by atoms with Gasteiger partial charge in [0.25, 0.3) is 0 Å². The number of hydrogen-bond donors (Lipinski definition) is 3. The van der Waals surface area contributed by atoms with Crippen molar-refractivity contribution < 1.29 is 14.7 Å². The van der Waals surface area contributed by atoms with Gasteiger partial charge in [-0.3, -0.25) is 9.59 Å². The first-order valence-corrected chi connectivity index (χ1v) is 5.46. The number of aromatic hydroxyl groups is 1. The third-order valence-electron chi connectivity index (χ3n) is 2.80. The van der Waals surface area contributed by atoms with Crippen LogP contribution in [0.25, 0.3) is 0 Å². The monoisotopic (exact) mass is 234 g/mol. The number of nitrogens with one attached hydrogen (secondary N) is 2. The molecule has 0 saturated carbocycles. The van der Waals surface area contributed by atoms with Crippen LogP contribution in [0, 0.1) is 0 Å². The molecule has 0 fully saturated rings. The maximum atomic E-state index is 11.9. The third kappa shape index (κ3) is 2.14. The van der Waals surface area contributed by atoms with Crippen molar-refractivity contribution in [3.8, 4) is 5.75 Å². The maximum Gasteiger partial charge on any atom is 0.224 e. The number of phenolic OH excluding ortho intramolecular Hbond substituents is 1. The topological polar surface area (TPSA) is 78.4 Å². The Bertz CT molecular complexity index is 483. The van der Waals surface area contributed by atoms with Crippen LogP contribution in [0.3, 0.4) is 0 Å². The fourth-order valence-electron chi connectivity index (χ4n) is 1.99. The Kier molecular flexibility index (Phi) is 3.10. The van der Waals surface area contributed by atoms with E-state index in [9.17, 15) is 14.7 Å². The molecule has 2 rings (SSSR count). The number of anilines is 1. The summed E-state index contributed by atoms with van der Waals surface area (Å²) >= 11 is 0. The van der Waals surface area contributed by atoms with E-state index in [0.717, 1.165) is 5.56 Å². The summed E-state index contributed by atoms with van der Waals surface area (Å²) in [6.45, 7) is 0.241. The van der Waals surface area contributed by atoms with Gasteiger partial charge in [-0.25, -0.2) is 0 Å². The Hall–Kier alpha value is -1.88. The molecule has 1 aromatic rings. The molecule has 90 valence electrons. The summed E-state index contributed by atoms with van der Waals surface area (Å²) in [7, 11) is 1.70. The first kappa shape index (κ1) is 11.6. The van der Waals surface area contributed by atoms with Gasteiger partial charge in [0.05, 0.1) is 12.2 Å². The second kappa shape index (κ2) is 4.55. The standard InChI is InChI=1S/C12H14N2O3/c1-13-6-10(16)7-2-4-9(15)12-8(7)3-5-11(17)14-12/h2,4,13,15H,3,5-6H2,1H3,(H,14,17). The number of ketones is 1. The van der Waals surface area contributed by atoms with E-state index in [1.54, 1.807) is 13.1 Å². The van der Waals surface area contributed by atoms with Crippen molar-refractivity contribution in [3.63, 3.8) is 0 Å². The van der Waals surface area contributed by atoms with Gasteiger partial charge < -0.3 is 15.7 Å². The summed E-state index contributed by atoms with van der Waals surface area (Å²) in [5.74, 6) is -0.167. The molecule has 3 N–H and O–H groups in total. The van der Waals surface area contributed by atoms with Gasteiger partial charge in [-0.2, -0.15) is 0 Å². The first-order chi connectivity index (χ1) is 8.13. The van der Waals surface area contributed by atoms with Crippen molar-refractivity contribution in [1.82, 2.24) is 5.32 Å². The highest BCUT2D eigenvalue weighted by Gasteiger charge is 2.23. The van der Waals surface area contributed by atoms with E-state index in [0.29, 0.717) is 24.1 Å². The minimum Gasteiger partial charge on any atom is -0.506 e. The molecule has 0 spiro atoms. The lowest BCUT2D eigenvalue weighted by molar-refractivity contribution is -0.116. The second-order valence-corrected chi connectivity index (χ2v) is 3.99. The highest BCUT2D eigenvalue weighted by Crippen LogP contribution is 2.34. The van der Waals surface area contributed by atoms with Gasteiger partial charge in [0, 0.05) is 12.0 Å². The third-order valence-corrected chi connectivity index (χ3v) is 2.80. The number of carbonyl (C=O) groups is 2. The fraction of sp³-hybridized carbons (Fsp3) is 0.333. The molecular weight excluding hydrogens is 220 g/mol. The zero-order valence-corrected chi connectivity index (χ0v) is 9.54. The maximum absolute atomic E-state index is 11.9. The molecule has 5 nitrogen and oxygen atoms in total. The van der Waals surface area contributed by atoms with Crippen LogP contribution < -0.4 is 10.6 Å². The van der Waals surface area contributed by atoms with Crippen LogP contribution in [-0.4, -0.2) is 30.4 Å². The highest BCUT2D eigenvalue weighted by molar-refractivity contribution is 6.04. The van der Waals surface area contributed by atoms with E-state index in [2.05, 4.69) is 10.6 Å². The van der Waals surface area contributed by atoms with E-state index >= 15 is 0 Å². The number of amides is 1. The predicted octanol–water partition coefficient (Wildman–Crippen LogP) is 0.679. The molecule has 1 heterocycles. The van der Waals surface area contributed by atoms with Gasteiger partial charge >= 0.3 is 0 Å². The Morgan fingerprint density at radius 2 is 2.24 bits per heavy atom. The summed E-state index contributed by atoms with van der Waals surface area (Å²) < 4.78 is 0. The quantitative estimate of drug-likeness (QED) is 0.531. The SMILES string of the molecule is CNCC(=O)c1ccc(O)c2c1CCC(=O)N2. The lowest BCUT2D eigenvalue weighted by Crippen LogP contribution is -2.24. The van der Waals surface area contributed by atoms with Gasteiger partial charge in [0.2, 0.25) is 5.91 Å². The second-order valence-electron chi connectivity index (χ2n) is 3.99. The normalized spacial score (nSPS) is 14.1. The van der Waals surface area contributed by atoms with Crippen LogP contribution in [0.4, 0.5) is 5.69 Å². The molecule has 5 heteroatoms. The van der Waals surface area contributed by atoms with Crippen molar-refractivity contribution >= 4 is 17.4 Å². The Morgan fingerprint density at radius 3 is 2.94 bits per heavy atom. The molecule has 0 atom stereocenters. The molecule has 0 aromatic heterocycles. The average molecular weight is 234 g/mol. The van der Waals surface area contributed by atoms with Gasteiger partial charge in [-0.05, 0) is 31.2 Å².